The first-order valence-electron chi connectivity index (χ1n) is 7.15. The molecule has 0 aliphatic rings. The molecule has 0 aliphatic heterocycles. The molecule has 0 unspecified atom stereocenters. The van der Waals surface area contributed by atoms with Crippen LogP contribution >= 0.6 is 24.0 Å². The summed E-state index contributed by atoms with van der Waals surface area (Å²) in [5, 5.41) is 2.93. The third kappa shape index (κ3) is 7.08. The highest BCUT2D eigenvalue weighted by Gasteiger charge is 2.06. The predicted octanol–water partition coefficient (Wildman–Crippen LogP) is 3.28. The van der Waals surface area contributed by atoms with Gasteiger partial charge in [-0.05, 0) is 18.2 Å². The molecule has 0 amide bonds. The number of aliphatic imine (C=N–C) groups is 1. The fourth-order valence-corrected chi connectivity index (χ4v) is 1.87. The summed E-state index contributed by atoms with van der Waals surface area (Å²) in [6, 6.07) is 12.1. The highest BCUT2D eigenvalue weighted by atomic mass is 127. The number of hydrogen-bond donors (Lipinski definition) is 2. The van der Waals surface area contributed by atoms with Crippen LogP contribution < -0.4 is 20.5 Å². The third-order valence-electron chi connectivity index (χ3n) is 2.92. The first-order valence-corrected chi connectivity index (χ1v) is 7.15. The van der Waals surface area contributed by atoms with Gasteiger partial charge in [-0.2, -0.15) is 0 Å². The van der Waals surface area contributed by atoms with E-state index < -0.39 is 13.0 Å². The molecule has 2 aromatic rings. The van der Waals surface area contributed by atoms with E-state index >= 15 is 0 Å². The lowest BCUT2D eigenvalue weighted by Crippen LogP contribution is -2.23. The number of pyridine rings is 1. The topological polar surface area (TPSA) is 81.8 Å². The van der Waals surface area contributed by atoms with Gasteiger partial charge in [-0.15, -0.1) is 24.0 Å². The molecule has 1 aromatic carbocycles. The lowest BCUT2D eigenvalue weighted by atomic mass is 10.3. The molecule has 0 radical (unpaired) electrons. The maximum Gasteiger partial charge on any atom is 0.272 e. The maximum atomic E-state index is 12.1. The fraction of sp³-hybridized carbons (Fsp3) is 0.250. The Balaban J connectivity index is 0.00000312. The van der Waals surface area contributed by atoms with Crippen molar-refractivity contribution < 1.29 is 18.3 Å². The summed E-state index contributed by atoms with van der Waals surface area (Å²) < 4.78 is 34.3. The molecule has 0 spiro atoms. The van der Waals surface area contributed by atoms with Crippen molar-refractivity contribution in [1.82, 2.24) is 4.98 Å². The number of ether oxygens (including phenoxy) is 2. The second kappa shape index (κ2) is 10.6. The molecule has 9 heteroatoms. The average Bonchev–Trinajstić information content (AvgIpc) is 2.59. The Morgan fingerprint density at radius 3 is 2.72 bits per heavy atom. The first kappa shape index (κ1) is 20.9. The first-order chi connectivity index (χ1) is 11.6. The van der Waals surface area contributed by atoms with Crippen molar-refractivity contribution in [3.8, 4) is 11.6 Å². The van der Waals surface area contributed by atoms with Crippen LogP contribution in [-0.2, 0) is 6.54 Å². The van der Waals surface area contributed by atoms with Crippen LogP contribution in [0.4, 0.5) is 14.5 Å². The second-order valence-corrected chi connectivity index (χ2v) is 4.70. The summed E-state index contributed by atoms with van der Waals surface area (Å²) in [5.74, 6) is 0.940. The number of hydrogen-bond acceptors (Lipinski definition) is 4. The van der Waals surface area contributed by atoms with Gasteiger partial charge in [0.2, 0.25) is 5.88 Å². The van der Waals surface area contributed by atoms with Crippen LogP contribution in [0.2, 0.25) is 0 Å². The Kier molecular flexibility index (Phi) is 8.89. The molecule has 0 bridgehead atoms. The molecule has 0 aliphatic carbocycles. The molecular weight excluding hydrogens is 445 g/mol. The summed E-state index contributed by atoms with van der Waals surface area (Å²) in [5.41, 5.74) is 7.07. The minimum absolute atomic E-state index is 0. The van der Waals surface area contributed by atoms with Gasteiger partial charge in [0.15, 0.2) is 12.6 Å². The van der Waals surface area contributed by atoms with Crippen LogP contribution in [0.3, 0.4) is 0 Å². The molecular formula is C16H19F2IN4O2. The molecule has 25 heavy (non-hydrogen) atoms. The van der Waals surface area contributed by atoms with Crippen LogP contribution in [0.15, 0.2) is 47.5 Å². The molecule has 0 saturated carbocycles. The normalized spacial score (nSPS) is 11.0. The zero-order valence-electron chi connectivity index (χ0n) is 13.5. The van der Waals surface area contributed by atoms with E-state index in [9.17, 15) is 8.78 Å². The highest BCUT2D eigenvalue weighted by molar-refractivity contribution is 14.0. The molecule has 1 aromatic heterocycles. The third-order valence-corrected chi connectivity index (χ3v) is 2.92. The SMILES string of the molecule is COc1ccccc1NC(N)=NCc1cccc(OCC(F)F)n1.I. The van der Waals surface area contributed by atoms with Gasteiger partial charge in [0.25, 0.3) is 6.43 Å². The summed E-state index contributed by atoms with van der Waals surface area (Å²) in [6.45, 7) is -0.517. The summed E-state index contributed by atoms with van der Waals surface area (Å²) in [7, 11) is 1.56. The smallest absolute Gasteiger partial charge is 0.272 e. The Bertz CT molecular complexity index is 701. The van der Waals surface area contributed by atoms with Crippen LogP contribution in [0.5, 0.6) is 11.6 Å². The standard InChI is InChI=1S/C16H18F2N4O2.HI/c1-23-13-7-3-2-6-12(13)22-16(19)20-9-11-5-4-8-15(21-11)24-10-14(17)18;/h2-8,14H,9-10H2,1H3,(H3,19,20,22);1H. The van der Waals surface area contributed by atoms with Gasteiger partial charge in [0.05, 0.1) is 25.0 Å². The van der Waals surface area contributed by atoms with E-state index in [4.69, 9.17) is 15.2 Å². The van der Waals surface area contributed by atoms with Crippen molar-refractivity contribution >= 4 is 35.6 Å². The van der Waals surface area contributed by atoms with Crippen molar-refractivity contribution in [3.05, 3.63) is 48.2 Å². The number of nitrogens with zero attached hydrogens (tertiary/aromatic N) is 2. The Hall–Kier alpha value is -2.17. The zero-order valence-corrected chi connectivity index (χ0v) is 15.8. The monoisotopic (exact) mass is 464 g/mol. The molecule has 0 saturated heterocycles. The molecule has 0 fully saturated rings. The summed E-state index contributed by atoms with van der Waals surface area (Å²) in [4.78, 5) is 8.25. The van der Waals surface area contributed by atoms with E-state index in [2.05, 4.69) is 15.3 Å². The van der Waals surface area contributed by atoms with E-state index in [1.807, 2.05) is 12.1 Å². The van der Waals surface area contributed by atoms with E-state index in [0.29, 0.717) is 17.1 Å². The molecule has 2 rings (SSSR count). The fourth-order valence-electron chi connectivity index (χ4n) is 1.87. The van der Waals surface area contributed by atoms with Crippen LogP contribution in [0, 0.1) is 0 Å². The molecule has 6 nitrogen and oxygen atoms in total. The molecule has 0 atom stereocenters. The van der Waals surface area contributed by atoms with Gasteiger partial charge >= 0.3 is 0 Å². The number of anilines is 1. The Morgan fingerprint density at radius 2 is 2.00 bits per heavy atom. The van der Waals surface area contributed by atoms with Crippen molar-refractivity contribution in [2.75, 3.05) is 19.0 Å². The van der Waals surface area contributed by atoms with Crippen molar-refractivity contribution in [1.29, 1.82) is 0 Å². The molecule has 1 heterocycles. The number of benzene rings is 1. The number of aromatic nitrogens is 1. The van der Waals surface area contributed by atoms with Crippen molar-refractivity contribution in [2.24, 2.45) is 10.7 Å². The molecule has 3 N–H and O–H groups in total. The number of nitrogens with one attached hydrogen (secondary N) is 1. The number of halogens is 3. The minimum atomic E-state index is -2.55. The van der Waals surface area contributed by atoms with Crippen LogP contribution in [0.1, 0.15) is 5.69 Å². The second-order valence-electron chi connectivity index (χ2n) is 4.70. The number of rotatable bonds is 7. The highest BCUT2D eigenvalue weighted by Crippen LogP contribution is 2.22. The van der Waals surface area contributed by atoms with Gasteiger partial charge in [0, 0.05) is 6.07 Å². The number of guanidine groups is 1. The molecule has 136 valence electrons. The van der Waals surface area contributed by atoms with Gasteiger partial charge in [-0.3, -0.25) is 0 Å². The number of alkyl halides is 2. The average molecular weight is 464 g/mol. The van der Waals surface area contributed by atoms with Crippen LogP contribution in [-0.4, -0.2) is 31.1 Å². The zero-order chi connectivity index (χ0) is 17.4. The lowest BCUT2D eigenvalue weighted by molar-refractivity contribution is 0.0795. The van der Waals surface area contributed by atoms with Gasteiger partial charge in [-0.25, -0.2) is 18.8 Å². The van der Waals surface area contributed by atoms with E-state index in [1.165, 1.54) is 6.07 Å². The minimum Gasteiger partial charge on any atom is -0.495 e. The van der Waals surface area contributed by atoms with Gasteiger partial charge < -0.3 is 20.5 Å². The largest absolute Gasteiger partial charge is 0.495 e. The van der Waals surface area contributed by atoms with E-state index in [-0.39, 0.29) is 42.4 Å². The number of nitrogens with two attached hydrogens (primary N) is 1. The van der Waals surface area contributed by atoms with Gasteiger partial charge in [0.1, 0.15) is 5.75 Å². The van der Waals surface area contributed by atoms with E-state index in [1.54, 1.807) is 31.4 Å². The maximum absolute atomic E-state index is 12.1. The van der Waals surface area contributed by atoms with Crippen molar-refractivity contribution in [2.45, 2.75) is 13.0 Å². The number of para-hydroxylation sites is 2. The Morgan fingerprint density at radius 1 is 1.24 bits per heavy atom. The quantitative estimate of drug-likeness (QED) is 0.374. The lowest BCUT2D eigenvalue weighted by Gasteiger charge is -2.10. The van der Waals surface area contributed by atoms with Crippen LogP contribution in [0.25, 0.3) is 0 Å². The predicted molar refractivity (Wildman–Crippen MR) is 103 cm³/mol. The van der Waals surface area contributed by atoms with E-state index in [0.717, 1.165) is 0 Å². The summed E-state index contributed by atoms with van der Waals surface area (Å²) in [6.07, 6.45) is -2.55. The number of methoxy groups -OCH3 is 1. The summed E-state index contributed by atoms with van der Waals surface area (Å²) >= 11 is 0. The van der Waals surface area contributed by atoms with Gasteiger partial charge in [-0.1, -0.05) is 18.2 Å². The van der Waals surface area contributed by atoms with Crippen molar-refractivity contribution in [3.63, 3.8) is 0 Å². The Labute approximate surface area is 161 Å².